The average Bonchev–Trinajstić information content (AvgIpc) is 2.74. The van der Waals surface area contributed by atoms with E-state index < -0.39 is 36.0 Å². The molecule has 17 heavy (non-hydrogen) atoms. The standard InChI is InChI=1S/C11H16F6/c1-6(2)4-8-5-9(8,11(15,16)17)7(3)10(12,13)14/h6-8H,4-5H2,1-3H3/t7-,8?,9?/m0/s1. The van der Waals surface area contributed by atoms with Gasteiger partial charge in [-0.3, -0.25) is 0 Å². The Labute approximate surface area is 96.4 Å². The Morgan fingerprint density at radius 2 is 1.53 bits per heavy atom. The molecule has 3 atom stereocenters. The highest BCUT2D eigenvalue weighted by Gasteiger charge is 2.76. The molecule has 1 rings (SSSR count). The fourth-order valence-corrected chi connectivity index (χ4v) is 2.63. The predicted molar refractivity (Wildman–Crippen MR) is 51.3 cm³/mol. The molecule has 0 aliphatic heterocycles. The van der Waals surface area contributed by atoms with E-state index in [-0.39, 0.29) is 12.3 Å². The minimum Gasteiger partial charge on any atom is -0.171 e. The summed E-state index contributed by atoms with van der Waals surface area (Å²) in [5.74, 6) is -3.23. The molecule has 0 saturated heterocycles. The van der Waals surface area contributed by atoms with Gasteiger partial charge in [-0.15, -0.1) is 0 Å². The van der Waals surface area contributed by atoms with Crippen LogP contribution in [0.5, 0.6) is 0 Å². The first-order valence-corrected chi connectivity index (χ1v) is 5.56. The fourth-order valence-electron chi connectivity index (χ4n) is 2.63. The molecule has 0 N–H and O–H groups in total. The van der Waals surface area contributed by atoms with Crippen LogP contribution in [0.1, 0.15) is 33.6 Å². The van der Waals surface area contributed by atoms with E-state index in [2.05, 4.69) is 0 Å². The molecule has 0 aromatic rings. The smallest absolute Gasteiger partial charge is 0.171 e. The monoisotopic (exact) mass is 262 g/mol. The largest absolute Gasteiger partial charge is 0.395 e. The van der Waals surface area contributed by atoms with Crippen molar-refractivity contribution in [2.75, 3.05) is 0 Å². The predicted octanol–water partition coefficient (Wildman–Crippen LogP) is 4.80. The molecule has 0 amide bonds. The zero-order valence-corrected chi connectivity index (χ0v) is 9.91. The van der Waals surface area contributed by atoms with E-state index in [0.29, 0.717) is 6.92 Å². The summed E-state index contributed by atoms with van der Waals surface area (Å²) in [7, 11) is 0. The summed E-state index contributed by atoms with van der Waals surface area (Å²) in [6, 6.07) is 0. The van der Waals surface area contributed by atoms with Gasteiger partial charge in [0.05, 0.1) is 11.3 Å². The Balaban J connectivity index is 2.94. The SMILES string of the molecule is CC(C)CC1CC1([C@H](C)C(F)(F)F)C(F)(F)F. The van der Waals surface area contributed by atoms with Crippen molar-refractivity contribution in [2.24, 2.45) is 23.2 Å². The Kier molecular flexibility index (Phi) is 3.49. The van der Waals surface area contributed by atoms with Crippen LogP contribution >= 0.6 is 0 Å². The van der Waals surface area contributed by atoms with Crippen molar-refractivity contribution in [2.45, 2.75) is 46.0 Å². The first-order chi connectivity index (χ1) is 7.43. The second-order valence-corrected chi connectivity index (χ2v) is 5.33. The van der Waals surface area contributed by atoms with Crippen LogP contribution in [0.3, 0.4) is 0 Å². The quantitative estimate of drug-likeness (QED) is 0.641. The zero-order valence-electron chi connectivity index (χ0n) is 9.91. The van der Waals surface area contributed by atoms with Gasteiger partial charge in [0.25, 0.3) is 0 Å². The van der Waals surface area contributed by atoms with Gasteiger partial charge in [-0.2, -0.15) is 26.3 Å². The fraction of sp³-hybridized carbons (Fsp3) is 1.00. The molecule has 1 fully saturated rings. The van der Waals surface area contributed by atoms with Crippen LogP contribution in [0.15, 0.2) is 0 Å². The summed E-state index contributed by atoms with van der Waals surface area (Å²) in [5, 5.41) is 0. The lowest BCUT2D eigenvalue weighted by Gasteiger charge is -2.29. The number of halogens is 6. The minimum atomic E-state index is -4.79. The summed E-state index contributed by atoms with van der Waals surface area (Å²) in [5.41, 5.74) is -2.55. The van der Waals surface area contributed by atoms with Crippen LogP contribution < -0.4 is 0 Å². The topological polar surface area (TPSA) is 0 Å². The van der Waals surface area contributed by atoms with Crippen LogP contribution in [0.25, 0.3) is 0 Å². The summed E-state index contributed by atoms with van der Waals surface area (Å²) in [6.07, 6.45) is -9.77. The van der Waals surface area contributed by atoms with E-state index in [0.717, 1.165) is 0 Å². The Bertz CT molecular complexity index is 277. The maximum atomic E-state index is 12.9. The second-order valence-electron chi connectivity index (χ2n) is 5.33. The first-order valence-electron chi connectivity index (χ1n) is 5.56. The third kappa shape index (κ3) is 2.55. The average molecular weight is 262 g/mol. The van der Waals surface area contributed by atoms with Crippen LogP contribution in [-0.2, 0) is 0 Å². The van der Waals surface area contributed by atoms with Gasteiger partial charge in [-0.25, -0.2) is 0 Å². The molecule has 0 aromatic carbocycles. The summed E-state index contributed by atoms with van der Waals surface area (Å²) in [4.78, 5) is 0. The van der Waals surface area contributed by atoms with Gasteiger partial charge in [-0.05, 0) is 24.7 Å². The van der Waals surface area contributed by atoms with Gasteiger partial charge in [0.1, 0.15) is 0 Å². The van der Waals surface area contributed by atoms with Gasteiger partial charge < -0.3 is 0 Å². The molecule has 102 valence electrons. The Morgan fingerprint density at radius 3 is 1.82 bits per heavy atom. The molecule has 0 aromatic heterocycles. The van der Waals surface area contributed by atoms with Crippen LogP contribution in [0.2, 0.25) is 0 Å². The van der Waals surface area contributed by atoms with Crippen molar-refractivity contribution in [3.8, 4) is 0 Å². The van der Waals surface area contributed by atoms with Crippen molar-refractivity contribution in [3.05, 3.63) is 0 Å². The Hall–Kier alpha value is -0.420. The van der Waals surface area contributed by atoms with Gasteiger partial charge in [-0.1, -0.05) is 20.8 Å². The van der Waals surface area contributed by atoms with E-state index in [1.54, 1.807) is 13.8 Å². The molecule has 0 radical (unpaired) electrons. The molecule has 2 unspecified atom stereocenters. The molecule has 0 nitrogen and oxygen atoms in total. The molecule has 1 aliphatic rings. The van der Waals surface area contributed by atoms with E-state index in [1.807, 2.05) is 0 Å². The molecule has 6 heteroatoms. The second kappa shape index (κ2) is 4.05. The molecular formula is C11H16F6. The zero-order chi connectivity index (χ0) is 13.6. The van der Waals surface area contributed by atoms with Crippen LogP contribution in [-0.4, -0.2) is 12.4 Å². The van der Waals surface area contributed by atoms with E-state index >= 15 is 0 Å². The van der Waals surface area contributed by atoms with E-state index in [1.165, 1.54) is 0 Å². The number of hydrogen-bond acceptors (Lipinski definition) is 0. The lowest BCUT2D eigenvalue weighted by molar-refractivity contribution is -0.266. The highest BCUT2D eigenvalue weighted by atomic mass is 19.4. The van der Waals surface area contributed by atoms with E-state index in [9.17, 15) is 26.3 Å². The van der Waals surface area contributed by atoms with Crippen molar-refractivity contribution >= 4 is 0 Å². The summed E-state index contributed by atoms with van der Waals surface area (Å²) >= 11 is 0. The van der Waals surface area contributed by atoms with Crippen molar-refractivity contribution in [3.63, 3.8) is 0 Å². The Morgan fingerprint density at radius 1 is 1.06 bits per heavy atom. The highest BCUT2D eigenvalue weighted by molar-refractivity contribution is 5.11. The molecule has 0 heterocycles. The number of rotatable bonds is 3. The summed E-state index contributed by atoms with van der Waals surface area (Å²) in [6.45, 7) is 4.09. The van der Waals surface area contributed by atoms with Crippen LogP contribution in [0.4, 0.5) is 26.3 Å². The number of hydrogen-bond donors (Lipinski definition) is 0. The maximum Gasteiger partial charge on any atom is 0.395 e. The first kappa shape index (κ1) is 14.6. The molecule has 0 bridgehead atoms. The normalized spacial score (nSPS) is 31.8. The van der Waals surface area contributed by atoms with Crippen molar-refractivity contribution < 1.29 is 26.3 Å². The highest BCUT2D eigenvalue weighted by Crippen LogP contribution is 2.70. The molecule has 1 saturated carbocycles. The van der Waals surface area contributed by atoms with Gasteiger partial charge in [0, 0.05) is 0 Å². The lowest BCUT2D eigenvalue weighted by Crippen LogP contribution is -2.40. The molecule has 0 spiro atoms. The van der Waals surface area contributed by atoms with Gasteiger partial charge >= 0.3 is 12.4 Å². The van der Waals surface area contributed by atoms with Crippen molar-refractivity contribution in [1.29, 1.82) is 0 Å². The minimum absolute atomic E-state index is 0.0235. The van der Waals surface area contributed by atoms with Gasteiger partial charge in [0.15, 0.2) is 0 Å². The molecule has 1 aliphatic carbocycles. The lowest BCUT2D eigenvalue weighted by atomic mass is 9.85. The van der Waals surface area contributed by atoms with E-state index in [4.69, 9.17) is 0 Å². The van der Waals surface area contributed by atoms with Crippen LogP contribution in [0, 0.1) is 23.2 Å². The third-order valence-electron chi connectivity index (χ3n) is 3.70. The number of alkyl halides is 6. The van der Waals surface area contributed by atoms with Crippen molar-refractivity contribution in [1.82, 2.24) is 0 Å². The third-order valence-corrected chi connectivity index (χ3v) is 3.70. The van der Waals surface area contributed by atoms with Gasteiger partial charge in [0.2, 0.25) is 0 Å². The molecular weight excluding hydrogens is 246 g/mol. The maximum absolute atomic E-state index is 12.9. The summed E-state index contributed by atoms with van der Waals surface area (Å²) < 4.78 is 76.2.